The number of hydrogen-bond acceptors (Lipinski definition) is 3. The van der Waals surface area contributed by atoms with Crippen LogP contribution in [-0.4, -0.2) is 17.1 Å². The van der Waals surface area contributed by atoms with E-state index >= 15 is 0 Å². The van der Waals surface area contributed by atoms with E-state index < -0.39 is 6.10 Å². The molecule has 1 aromatic heterocycles. The second-order valence-electron chi connectivity index (χ2n) is 9.25. The lowest BCUT2D eigenvalue weighted by atomic mass is 9.80. The van der Waals surface area contributed by atoms with Gasteiger partial charge in [-0.05, 0) is 40.0 Å². The first-order chi connectivity index (χ1) is 14.3. The van der Waals surface area contributed by atoms with Crippen molar-refractivity contribution >= 4 is 28.4 Å². The summed E-state index contributed by atoms with van der Waals surface area (Å²) in [6, 6.07) is 18.5. The Bertz CT molecular complexity index is 1020. The van der Waals surface area contributed by atoms with E-state index in [1.165, 1.54) is 0 Å². The summed E-state index contributed by atoms with van der Waals surface area (Å²) in [5.41, 5.74) is 2.77. The molecule has 156 valence electrons. The predicted octanol–water partition coefficient (Wildman–Crippen LogP) is 6.78. The lowest BCUT2D eigenvalue weighted by Gasteiger charge is -2.33. The molecule has 0 amide bonds. The Labute approximate surface area is 179 Å². The SMILES string of the molecule is CC(C)CC(=O)OC(/C(=C\c1cccnc1)c1cccc2ccccc12)C(C)(C)C. The van der Waals surface area contributed by atoms with Crippen LogP contribution in [0.25, 0.3) is 22.4 Å². The van der Waals surface area contributed by atoms with E-state index in [0.29, 0.717) is 6.42 Å². The van der Waals surface area contributed by atoms with Gasteiger partial charge in [-0.25, -0.2) is 0 Å². The molecular formula is C27H31NO2. The molecule has 0 aliphatic heterocycles. The molecule has 2 aromatic carbocycles. The van der Waals surface area contributed by atoms with Crippen molar-refractivity contribution in [3.63, 3.8) is 0 Å². The Balaban J connectivity index is 2.19. The third-order valence-electron chi connectivity index (χ3n) is 5.00. The maximum absolute atomic E-state index is 12.7. The second kappa shape index (κ2) is 9.25. The summed E-state index contributed by atoms with van der Waals surface area (Å²) in [6.45, 7) is 10.4. The second-order valence-corrected chi connectivity index (χ2v) is 9.25. The Morgan fingerprint density at radius 2 is 1.77 bits per heavy atom. The van der Waals surface area contributed by atoms with E-state index in [4.69, 9.17) is 4.74 Å². The van der Waals surface area contributed by atoms with E-state index in [2.05, 4.69) is 62.2 Å². The topological polar surface area (TPSA) is 39.2 Å². The van der Waals surface area contributed by atoms with Gasteiger partial charge < -0.3 is 4.74 Å². The molecule has 0 saturated heterocycles. The summed E-state index contributed by atoms with van der Waals surface area (Å²) in [7, 11) is 0. The normalized spacial score (nSPS) is 13.5. The zero-order valence-corrected chi connectivity index (χ0v) is 18.6. The van der Waals surface area contributed by atoms with Crippen LogP contribution in [0.1, 0.15) is 52.2 Å². The van der Waals surface area contributed by atoms with Crippen LogP contribution >= 0.6 is 0 Å². The molecule has 1 atom stereocenters. The van der Waals surface area contributed by atoms with Gasteiger partial charge in [-0.2, -0.15) is 0 Å². The molecule has 0 saturated carbocycles. The third-order valence-corrected chi connectivity index (χ3v) is 5.00. The number of carbonyl (C=O) groups is 1. The van der Waals surface area contributed by atoms with Crippen molar-refractivity contribution in [2.75, 3.05) is 0 Å². The third kappa shape index (κ3) is 5.35. The zero-order chi connectivity index (χ0) is 21.7. The average Bonchev–Trinajstić information content (AvgIpc) is 2.70. The van der Waals surface area contributed by atoms with Gasteiger partial charge in [0.15, 0.2) is 0 Å². The molecule has 0 fully saturated rings. The molecule has 3 aromatic rings. The minimum Gasteiger partial charge on any atom is -0.457 e. The molecule has 0 spiro atoms. The molecular weight excluding hydrogens is 370 g/mol. The maximum Gasteiger partial charge on any atom is 0.306 e. The number of pyridine rings is 1. The van der Waals surface area contributed by atoms with Gasteiger partial charge in [-0.1, -0.05) is 83.1 Å². The van der Waals surface area contributed by atoms with Crippen molar-refractivity contribution in [2.24, 2.45) is 11.3 Å². The summed E-state index contributed by atoms with van der Waals surface area (Å²) in [6.07, 6.45) is 5.71. The number of ether oxygens (including phenoxy) is 1. The Morgan fingerprint density at radius 3 is 2.43 bits per heavy atom. The van der Waals surface area contributed by atoms with Crippen LogP contribution in [0, 0.1) is 11.3 Å². The van der Waals surface area contributed by atoms with E-state index in [-0.39, 0.29) is 17.3 Å². The van der Waals surface area contributed by atoms with E-state index in [1.807, 2.05) is 44.3 Å². The highest BCUT2D eigenvalue weighted by molar-refractivity contribution is 5.99. The molecule has 0 N–H and O–H groups in total. The monoisotopic (exact) mass is 401 g/mol. The van der Waals surface area contributed by atoms with Crippen molar-refractivity contribution < 1.29 is 9.53 Å². The van der Waals surface area contributed by atoms with Crippen LogP contribution < -0.4 is 0 Å². The summed E-state index contributed by atoms with van der Waals surface area (Å²) >= 11 is 0. The van der Waals surface area contributed by atoms with Gasteiger partial charge in [0.1, 0.15) is 6.10 Å². The van der Waals surface area contributed by atoms with Crippen molar-refractivity contribution in [3.8, 4) is 0 Å². The molecule has 3 heteroatoms. The van der Waals surface area contributed by atoms with Crippen LogP contribution in [0.2, 0.25) is 0 Å². The fourth-order valence-electron chi connectivity index (χ4n) is 3.63. The largest absolute Gasteiger partial charge is 0.457 e. The van der Waals surface area contributed by atoms with Crippen LogP contribution in [0.5, 0.6) is 0 Å². The molecule has 3 nitrogen and oxygen atoms in total. The number of nitrogens with zero attached hydrogens (tertiary/aromatic N) is 1. The predicted molar refractivity (Wildman–Crippen MR) is 125 cm³/mol. The first-order valence-electron chi connectivity index (χ1n) is 10.5. The molecule has 30 heavy (non-hydrogen) atoms. The van der Waals surface area contributed by atoms with Crippen LogP contribution in [0.4, 0.5) is 0 Å². The van der Waals surface area contributed by atoms with Crippen molar-refractivity contribution in [2.45, 2.75) is 47.1 Å². The van der Waals surface area contributed by atoms with Gasteiger partial charge >= 0.3 is 5.97 Å². The smallest absolute Gasteiger partial charge is 0.306 e. The molecule has 0 aliphatic carbocycles. The Morgan fingerprint density at radius 1 is 1.03 bits per heavy atom. The van der Waals surface area contributed by atoms with Crippen molar-refractivity contribution in [1.82, 2.24) is 4.98 Å². The van der Waals surface area contributed by atoms with Crippen LogP contribution in [-0.2, 0) is 9.53 Å². The average molecular weight is 402 g/mol. The van der Waals surface area contributed by atoms with Gasteiger partial charge in [0.25, 0.3) is 0 Å². The quantitative estimate of drug-likeness (QED) is 0.427. The van der Waals surface area contributed by atoms with E-state index in [0.717, 1.165) is 27.5 Å². The molecule has 0 bridgehead atoms. The first kappa shape index (κ1) is 21.8. The fraction of sp³-hybridized carbons (Fsp3) is 0.333. The number of rotatable bonds is 6. The molecule has 0 radical (unpaired) electrons. The van der Waals surface area contributed by atoms with Gasteiger partial charge in [-0.15, -0.1) is 0 Å². The highest BCUT2D eigenvalue weighted by Crippen LogP contribution is 2.38. The van der Waals surface area contributed by atoms with Crippen molar-refractivity contribution in [1.29, 1.82) is 0 Å². The number of hydrogen-bond donors (Lipinski definition) is 0. The maximum atomic E-state index is 12.7. The van der Waals surface area contributed by atoms with Gasteiger partial charge in [0.2, 0.25) is 0 Å². The number of carbonyl (C=O) groups excluding carboxylic acids is 1. The van der Waals surface area contributed by atoms with Crippen LogP contribution in [0.3, 0.4) is 0 Å². The molecule has 3 rings (SSSR count). The minimum absolute atomic E-state index is 0.165. The van der Waals surface area contributed by atoms with E-state index in [9.17, 15) is 4.79 Å². The lowest BCUT2D eigenvalue weighted by Crippen LogP contribution is -2.33. The summed E-state index contributed by atoms with van der Waals surface area (Å²) in [5.74, 6) is 0.0867. The lowest BCUT2D eigenvalue weighted by molar-refractivity contribution is -0.151. The van der Waals surface area contributed by atoms with Crippen molar-refractivity contribution in [3.05, 3.63) is 78.1 Å². The standard InChI is InChI=1S/C27H31NO2/c1-19(2)16-25(29)30-26(27(3,4)5)24(17-20-10-9-15-28-18-20)23-14-8-12-21-11-6-7-13-22(21)23/h6-15,17-19,26H,16H2,1-5H3/b24-17-. The van der Waals surface area contributed by atoms with Gasteiger partial charge in [0.05, 0.1) is 0 Å². The van der Waals surface area contributed by atoms with E-state index in [1.54, 1.807) is 6.20 Å². The highest BCUT2D eigenvalue weighted by atomic mass is 16.5. The Kier molecular flexibility index (Phi) is 6.71. The van der Waals surface area contributed by atoms with Gasteiger partial charge in [0, 0.05) is 29.8 Å². The number of fused-ring (bicyclic) bond motifs is 1. The number of benzene rings is 2. The summed E-state index contributed by atoms with van der Waals surface area (Å²) in [5, 5.41) is 2.30. The number of aromatic nitrogens is 1. The van der Waals surface area contributed by atoms with Gasteiger partial charge in [-0.3, -0.25) is 9.78 Å². The van der Waals surface area contributed by atoms with Crippen LogP contribution in [0.15, 0.2) is 67.0 Å². The summed E-state index contributed by atoms with van der Waals surface area (Å²) < 4.78 is 6.14. The minimum atomic E-state index is -0.394. The Hall–Kier alpha value is -2.94. The molecule has 1 unspecified atom stereocenters. The first-order valence-corrected chi connectivity index (χ1v) is 10.5. The fourth-order valence-corrected chi connectivity index (χ4v) is 3.63. The molecule has 0 aliphatic rings. The highest BCUT2D eigenvalue weighted by Gasteiger charge is 2.33. The number of esters is 1. The zero-order valence-electron chi connectivity index (χ0n) is 18.6. The summed E-state index contributed by atoms with van der Waals surface area (Å²) in [4.78, 5) is 17.0. The molecule has 1 heterocycles.